The molecule has 0 rings (SSSR count). The highest BCUT2D eigenvalue weighted by molar-refractivity contribution is 7.47. The summed E-state index contributed by atoms with van der Waals surface area (Å²) in [5.74, 6) is -0.173. The lowest BCUT2D eigenvalue weighted by atomic mass is 10.0. The Balaban J connectivity index is 4.31. The number of rotatable bonds is 46. The summed E-state index contributed by atoms with van der Waals surface area (Å²) in [7, 11) is 1.59. The van der Waals surface area contributed by atoms with Crippen LogP contribution in [-0.2, 0) is 18.4 Å². The fourth-order valence-corrected chi connectivity index (χ4v) is 8.25. The number of aliphatic hydroxyl groups excluding tert-OH is 1. The highest BCUT2D eigenvalue weighted by Gasteiger charge is 2.27. The number of amides is 1. The Kier molecular flexibility index (Phi) is 41.0. The van der Waals surface area contributed by atoms with Crippen LogP contribution in [0.5, 0.6) is 0 Å². The Bertz CT molecular complexity index is 958. The zero-order valence-corrected chi connectivity index (χ0v) is 40.2. The Morgan fingerprint density at radius 3 is 1.28 bits per heavy atom. The lowest BCUT2D eigenvalue weighted by Crippen LogP contribution is -2.45. The molecule has 3 atom stereocenters. The highest BCUT2D eigenvalue weighted by atomic mass is 31.2. The van der Waals surface area contributed by atoms with Crippen molar-refractivity contribution in [2.45, 2.75) is 257 Å². The van der Waals surface area contributed by atoms with Gasteiger partial charge in [-0.25, -0.2) is 4.57 Å². The normalized spacial score (nSPS) is 14.3. The first-order valence-electron chi connectivity index (χ1n) is 25.1. The molecule has 0 heterocycles. The molecule has 0 aliphatic heterocycles. The molecule has 58 heavy (non-hydrogen) atoms. The molecular formula is C49H100N2O6P+. The highest BCUT2D eigenvalue weighted by Crippen LogP contribution is 2.43. The lowest BCUT2D eigenvalue weighted by molar-refractivity contribution is -0.870. The minimum Gasteiger partial charge on any atom is -0.387 e. The first-order chi connectivity index (χ1) is 28.0. The van der Waals surface area contributed by atoms with Gasteiger partial charge in [0.05, 0.1) is 39.9 Å². The van der Waals surface area contributed by atoms with Gasteiger partial charge in [0.25, 0.3) is 0 Å². The quantitative estimate of drug-likeness (QED) is 0.0244. The summed E-state index contributed by atoms with van der Waals surface area (Å²) in [6, 6.07) is -0.840. The number of carbonyl (C=O) groups is 1. The van der Waals surface area contributed by atoms with Gasteiger partial charge in [-0.2, -0.15) is 0 Å². The average molecular weight is 844 g/mol. The van der Waals surface area contributed by atoms with Gasteiger partial charge in [0.15, 0.2) is 0 Å². The number of carbonyl (C=O) groups excluding carboxylic acids is 1. The number of likely N-dealkylation sites (N-methyl/N-ethyl adjacent to an activating group) is 1. The number of hydrogen-bond donors (Lipinski definition) is 3. The topological polar surface area (TPSA) is 105 Å². The van der Waals surface area contributed by atoms with Crippen LogP contribution in [0.25, 0.3) is 0 Å². The molecule has 0 saturated heterocycles. The smallest absolute Gasteiger partial charge is 0.387 e. The van der Waals surface area contributed by atoms with E-state index < -0.39 is 20.0 Å². The van der Waals surface area contributed by atoms with Gasteiger partial charge in [-0.3, -0.25) is 13.8 Å². The number of allylic oxidation sites excluding steroid dienone is 1. The van der Waals surface area contributed by atoms with Crippen molar-refractivity contribution in [2.75, 3.05) is 40.9 Å². The third-order valence-electron chi connectivity index (χ3n) is 11.5. The van der Waals surface area contributed by atoms with Crippen molar-refractivity contribution in [3.8, 4) is 0 Å². The number of aliphatic hydroxyl groups is 1. The SMILES string of the molecule is CCCCCCCCCCCCCCCCCCCC/C=C/C(O)C(COP(=O)(O)OCC[N+](C)(C)C)NC(=O)CCCCCCCCCCCCCCCCCC. The largest absolute Gasteiger partial charge is 0.472 e. The van der Waals surface area contributed by atoms with Crippen molar-refractivity contribution in [3.63, 3.8) is 0 Å². The average Bonchev–Trinajstić information content (AvgIpc) is 3.17. The maximum absolute atomic E-state index is 12.9. The second kappa shape index (κ2) is 41.6. The van der Waals surface area contributed by atoms with Crippen LogP contribution < -0.4 is 5.32 Å². The van der Waals surface area contributed by atoms with E-state index in [9.17, 15) is 19.4 Å². The van der Waals surface area contributed by atoms with E-state index in [2.05, 4.69) is 19.2 Å². The van der Waals surface area contributed by atoms with Gasteiger partial charge >= 0.3 is 7.82 Å². The third-order valence-corrected chi connectivity index (χ3v) is 12.5. The molecule has 0 saturated carbocycles. The number of phosphoric ester groups is 1. The monoisotopic (exact) mass is 844 g/mol. The van der Waals surface area contributed by atoms with E-state index in [0.29, 0.717) is 17.4 Å². The van der Waals surface area contributed by atoms with E-state index in [1.165, 1.54) is 193 Å². The molecule has 8 nitrogen and oxygen atoms in total. The number of nitrogens with zero attached hydrogens (tertiary/aromatic N) is 1. The molecule has 1 amide bonds. The Labute approximate surface area is 361 Å². The van der Waals surface area contributed by atoms with E-state index in [4.69, 9.17) is 9.05 Å². The number of quaternary nitrogens is 1. The van der Waals surface area contributed by atoms with Crippen LogP contribution in [0.4, 0.5) is 0 Å². The minimum absolute atomic E-state index is 0.0649. The van der Waals surface area contributed by atoms with Crippen LogP contribution in [0.1, 0.15) is 245 Å². The van der Waals surface area contributed by atoms with Gasteiger partial charge in [-0.05, 0) is 19.3 Å². The van der Waals surface area contributed by atoms with E-state index in [-0.39, 0.29) is 19.1 Å². The van der Waals surface area contributed by atoms with Gasteiger partial charge in [0.1, 0.15) is 13.2 Å². The van der Waals surface area contributed by atoms with E-state index >= 15 is 0 Å². The fraction of sp³-hybridized carbons (Fsp3) is 0.939. The molecule has 0 aliphatic carbocycles. The zero-order valence-electron chi connectivity index (χ0n) is 39.3. The summed E-state index contributed by atoms with van der Waals surface area (Å²) in [6.07, 6.45) is 48.5. The molecule has 3 unspecified atom stereocenters. The molecule has 3 N–H and O–H groups in total. The third kappa shape index (κ3) is 43.3. The van der Waals surface area contributed by atoms with Crippen LogP contribution in [0.15, 0.2) is 12.2 Å². The van der Waals surface area contributed by atoms with Crippen LogP contribution in [0.3, 0.4) is 0 Å². The molecule has 0 bridgehead atoms. The van der Waals surface area contributed by atoms with Crippen molar-refractivity contribution >= 4 is 13.7 Å². The molecule has 9 heteroatoms. The van der Waals surface area contributed by atoms with Crippen LogP contribution >= 0.6 is 7.82 Å². The second-order valence-corrected chi connectivity index (χ2v) is 20.0. The van der Waals surface area contributed by atoms with Crippen molar-refractivity contribution < 1.29 is 32.9 Å². The minimum atomic E-state index is -4.34. The first kappa shape index (κ1) is 57.2. The van der Waals surface area contributed by atoms with Gasteiger partial charge in [0.2, 0.25) is 5.91 Å². The maximum Gasteiger partial charge on any atom is 0.472 e. The molecule has 0 aromatic rings. The number of nitrogens with one attached hydrogen (secondary N) is 1. The first-order valence-corrected chi connectivity index (χ1v) is 26.6. The lowest BCUT2D eigenvalue weighted by Gasteiger charge is -2.25. The zero-order chi connectivity index (χ0) is 42.8. The molecule has 0 spiro atoms. The fourth-order valence-electron chi connectivity index (χ4n) is 7.51. The van der Waals surface area contributed by atoms with Crippen LogP contribution in [0, 0.1) is 0 Å². The van der Waals surface area contributed by atoms with Crippen molar-refractivity contribution in [3.05, 3.63) is 12.2 Å². The van der Waals surface area contributed by atoms with Crippen molar-refractivity contribution in [1.29, 1.82) is 0 Å². The molecule has 0 radical (unpaired) electrons. The maximum atomic E-state index is 12.9. The number of hydrogen-bond acceptors (Lipinski definition) is 5. The van der Waals surface area contributed by atoms with E-state index in [0.717, 1.165) is 32.1 Å². The summed E-state index contributed by atoms with van der Waals surface area (Å²) >= 11 is 0. The van der Waals surface area contributed by atoms with E-state index in [1.807, 2.05) is 27.2 Å². The molecule has 0 aromatic carbocycles. The van der Waals surface area contributed by atoms with Crippen LogP contribution in [-0.4, -0.2) is 73.4 Å². The standard InChI is InChI=1S/C49H99N2O6P/c1-6-8-10-12-14-16-18-20-22-24-25-26-27-28-30-32-34-36-38-40-42-48(52)47(46-57-58(54,55)56-45-44-51(3,4)5)50-49(53)43-41-39-37-35-33-31-29-23-21-19-17-15-13-11-9-7-2/h40,42,47-48,52H,6-39,41,43-46H2,1-5H3,(H-,50,53,54,55)/p+1/b42-40+. The molecule has 0 aliphatic rings. The van der Waals surface area contributed by atoms with Gasteiger partial charge in [-0.1, -0.05) is 231 Å². The Morgan fingerprint density at radius 2 is 0.914 bits per heavy atom. The summed E-state index contributed by atoms with van der Waals surface area (Å²) < 4.78 is 23.6. The van der Waals surface area contributed by atoms with Crippen LogP contribution in [0.2, 0.25) is 0 Å². The number of phosphoric acid groups is 1. The van der Waals surface area contributed by atoms with Crippen molar-refractivity contribution in [2.24, 2.45) is 0 Å². The van der Waals surface area contributed by atoms with Gasteiger partial charge < -0.3 is 19.8 Å². The molecule has 0 aromatic heterocycles. The summed E-state index contributed by atoms with van der Waals surface area (Å²) in [6.45, 7) is 4.85. The van der Waals surface area contributed by atoms with Gasteiger partial charge in [0, 0.05) is 6.42 Å². The Hall–Kier alpha value is -0.760. The summed E-state index contributed by atoms with van der Waals surface area (Å²) in [5, 5.41) is 13.9. The summed E-state index contributed by atoms with van der Waals surface area (Å²) in [5.41, 5.74) is 0. The second-order valence-electron chi connectivity index (χ2n) is 18.6. The predicted molar refractivity (Wildman–Crippen MR) is 249 cm³/mol. The van der Waals surface area contributed by atoms with E-state index in [1.54, 1.807) is 6.08 Å². The number of unbranched alkanes of at least 4 members (excludes halogenated alkanes) is 33. The molecule has 346 valence electrons. The predicted octanol–water partition coefficient (Wildman–Crippen LogP) is 14.3. The molecule has 0 fully saturated rings. The van der Waals surface area contributed by atoms with Crippen molar-refractivity contribution in [1.82, 2.24) is 5.32 Å². The van der Waals surface area contributed by atoms with Gasteiger partial charge in [-0.15, -0.1) is 0 Å². The molecular weight excluding hydrogens is 744 g/mol. The summed E-state index contributed by atoms with van der Waals surface area (Å²) in [4.78, 5) is 23.2. The Morgan fingerprint density at radius 1 is 0.569 bits per heavy atom.